The van der Waals surface area contributed by atoms with Gasteiger partial charge in [0.15, 0.2) is 17.6 Å². The molecule has 2 amide bonds. The van der Waals surface area contributed by atoms with Crippen LogP contribution in [-0.4, -0.2) is 31.0 Å². The van der Waals surface area contributed by atoms with Gasteiger partial charge in [0.2, 0.25) is 5.91 Å². The average Bonchev–Trinajstić information content (AvgIpc) is 3.50. The minimum absolute atomic E-state index is 0.129. The van der Waals surface area contributed by atoms with Crippen molar-refractivity contribution in [1.29, 1.82) is 0 Å². The molecule has 41 heavy (non-hydrogen) atoms. The first-order valence-electron chi connectivity index (χ1n) is 12.7. The molecular formula is C31H22ClFN2O6. The van der Waals surface area contributed by atoms with Gasteiger partial charge in [-0.15, -0.1) is 0 Å². The third-order valence-electron chi connectivity index (χ3n) is 7.02. The molecule has 0 unspecified atom stereocenters. The van der Waals surface area contributed by atoms with Crippen LogP contribution in [0.5, 0.6) is 11.5 Å². The van der Waals surface area contributed by atoms with E-state index in [2.05, 4.69) is 0 Å². The lowest BCUT2D eigenvalue weighted by molar-refractivity contribution is -0.126. The standard InChI is InChI=1S/C31H22ClFN2O6/c1-39-25-17-19(9-16-24(25)40-31(38)18-7-12-21(33)13-8-18)27-26-28(41-35(27)23-5-3-2-4-6-23)30(37)34(29(26)36)22-14-10-20(32)11-15-22/h2-17,26-28H,1H3/t26-,27+,28+/m0/s1. The number of hydrogen-bond donors (Lipinski definition) is 0. The van der Waals surface area contributed by atoms with E-state index in [1.807, 2.05) is 30.3 Å². The van der Waals surface area contributed by atoms with Crippen molar-refractivity contribution in [2.75, 3.05) is 17.1 Å². The summed E-state index contributed by atoms with van der Waals surface area (Å²) in [6.07, 6.45) is -1.06. The molecule has 0 radical (unpaired) electrons. The molecule has 2 aliphatic heterocycles. The highest BCUT2D eigenvalue weighted by molar-refractivity contribution is 6.31. The second-order valence-corrected chi connectivity index (χ2v) is 9.89. The van der Waals surface area contributed by atoms with Gasteiger partial charge < -0.3 is 9.47 Å². The van der Waals surface area contributed by atoms with Crippen molar-refractivity contribution in [3.8, 4) is 11.5 Å². The fraction of sp³-hybridized carbons (Fsp3) is 0.129. The summed E-state index contributed by atoms with van der Waals surface area (Å²) in [5.74, 6) is -2.60. The summed E-state index contributed by atoms with van der Waals surface area (Å²) in [4.78, 5) is 47.3. The van der Waals surface area contributed by atoms with Gasteiger partial charge in [-0.25, -0.2) is 19.1 Å². The van der Waals surface area contributed by atoms with Crippen LogP contribution in [0.3, 0.4) is 0 Å². The number of anilines is 2. The van der Waals surface area contributed by atoms with E-state index >= 15 is 0 Å². The molecule has 2 saturated heterocycles. The van der Waals surface area contributed by atoms with Crippen LogP contribution in [0.2, 0.25) is 5.02 Å². The largest absolute Gasteiger partial charge is 0.493 e. The SMILES string of the molecule is COc1cc([C@@H]2[C@@H]3C(=O)N(c4ccc(Cl)cc4)C(=O)[C@@H]3ON2c2ccccc2)ccc1OC(=O)c1ccc(F)cc1. The summed E-state index contributed by atoms with van der Waals surface area (Å²) < 4.78 is 24.3. The number of carbonyl (C=O) groups is 3. The van der Waals surface area contributed by atoms with E-state index in [-0.39, 0.29) is 17.1 Å². The Morgan fingerprint density at radius 1 is 0.854 bits per heavy atom. The summed E-state index contributed by atoms with van der Waals surface area (Å²) >= 11 is 6.01. The molecule has 6 rings (SSSR count). The number of fused-ring (bicyclic) bond motifs is 1. The number of ether oxygens (including phenoxy) is 2. The Morgan fingerprint density at radius 2 is 1.56 bits per heavy atom. The smallest absolute Gasteiger partial charge is 0.343 e. The Labute approximate surface area is 239 Å². The Hall–Kier alpha value is -4.73. The molecule has 4 aromatic carbocycles. The quantitative estimate of drug-likeness (QED) is 0.165. The average molecular weight is 573 g/mol. The van der Waals surface area contributed by atoms with Crippen LogP contribution in [0.1, 0.15) is 22.0 Å². The van der Waals surface area contributed by atoms with Crippen LogP contribution in [0.4, 0.5) is 15.8 Å². The number of benzene rings is 4. The third kappa shape index (κ3) is 4.79. The Morgan fingerprint density at radius 3 is 2.24 bits per heavy atom. The maximum absolute atomic E-state index is 13.8. The lowest BCUT2D eigenvalue weighted by atomic mass is 9.90. The van der Waals surface area contributed by atoms with Gasteiger partial charge in [-0.05, 0) is 78.4 Å². The highest BCUT2D eigenvalue weighted by Crippen LogP contribution is 2.48. The maximum atomic E-state index is 13.8. The number of amides is 2. The lowest BCUT2D eigenvalue weighted by Crippen LogP contribution is -2.37. The molecule has 4 aromatic rings. The fourth-order valence-electron chi connectivity index (χ4n) is 5.09. The summed E-state index contributed by atoms with van der Waals surface area (Å²) in [5, 5.41) is 2.04. The molecule has 3 atom stereocenters. The third-order valence-corrected chi connectivity index (χ3v) is 7.27. The molecule has 8 nitrogen and oxygen atoms in total. The molecule has 2 fully saturated rings. The van der Waals surface area contributed by atoms with Gasteiger partial charge >= 0.3 is 5.97 Å². The van der Waals surface area contributed by atoms with Crippen LogP contribution < -0.4 is 19.4 Å². The van der Waals surface area contributed by atoms with E-state index in [1.54, 1.807) is 47.5 Å². The molecule has 0 bridgehead atoms. The van der Waals surface area contributed by atoms with Crippen molar-refractivity contribution in [3.05, 3.63) is 119 Å². The predicted octanol–water partition coefficient (Wildman–Crippen LogP) is 5.76. The van der Waals surface area contributed by atoms with Gasteiger partial charge in [0.1, 0.15) is 11.7 Å². The summed E-state index contributed by atoms with van der Waals surface area (Å²) in [5.41, 5.74) is 1.81. The number of para-hydroxylation sites is 1. The van der Waals surface area contributed by atoms with Crippen LogP contribution in [0.15, 0.2) is 97.1 Å². The molecule has 0 spiro atoms. The maximum Gasteiger partial charge on any atom is 0.343 e. The van der Waals surface area contributed by atoms with Gasteiger partial charge in [0.25, 0.3) is 5.91 Å². The first kappa shape index (κ1) is 26.5. The number of carbonyl (C=O) groups excluding carboxylic acids is 3. The van der Waals surface area contributed by atoms with Crippen LogP contribution in [-0.2, 0) is 14.4 Å². The fourth-order valence-corrected chi connectivity index (χ4v) is 5.22. The normalized spacial score (nSPS) is 19.8. The van der Waals surface area contributed by atoms with Gasteiger partial charge in [-0.1, -0.05) is 35.9 Å². The van der Waals surface area contributed by atoms with Crippen molar-refractivity contribution in [1.82, 2.24) is 0 Å². The van der Waals surface area contributed by atoms with Crippen molar-refractivity contribution < 1.29 is 33.1 Å². The highest BCUT2D eigenvalue weighted by Gasteiger charge is 2.60. The van der Waals surface area contributed by atoms with E-state index in [1.165, 1.54) is 31.4 Å². The molecule has 10 heteroatoms. The summed E-state index contributed by atoms with van der Waals surface area (Å²) in [7, 11) is 1.42. The highest BCUT2D eigenvalue weighted by atomic mass is 35.5. The Balaban J connectivity index is 1.36. The topological polar surface area (TPSA) is 85.4 Å². The van der Waals surface area contributed by atoms with Gasteiger partial charge in [-0.3, -0.25) is 14.4 Å². The van der Waals surface area contributed by atoms with Crippen LogP contribution >= 0.6 is 11.6 Å². The zero-order valence-electron chi connectivity index (χ0n) is 21.6. The minimum atomic E-state index is -1.06. The van der Waals surface area contributed by atoms with E-state index in [9.17, 15) is 18.8 Å². The predicted molar refractivity (Wildman–Crippen MR) is 148 cm³/mol. The number of nitrogens with zero attached hydrogens (tertiary/aromatic N) is 2. The molecule has 0 aromatic heterocycles. The summed E-state index contributed by atoms with van der Waals surface area (Å²) in [6.45, 7) is 0. The Bertz CT molecular complexity index is 1630. The zero-order valence-corrected chi connectivity index (χ0v) is 22.3. The second kappa shape index (κ2) is 10.7. The number of rotatable bonds is 6. The molecule has 2 aliphatic rings. The first-order chi connectivity index (χ1) is 19.9. The number of methoxy groups -OCH3 is 1. The van der Waals surface area contributed by atoms with E-state index in [4.69, 9.17) is 25.9 Å². The van der Waals surface area contributed by atoms with Gasteiger partial charge in [0.05, 0.1) is 30.1 Å². The molecule has 206 valence electrons. The molecule has 0 N–H and O–H groups in total. The van der Waals surface area contributed by atoms with Crippen molar-refractivity contribution in [2.45, 2.75) is 12.1 Å². The monoisotopic (exact) mass is 572 g/mol. The number of halogens is 2. The minimum Gasteiger partial charge on any atom is -0.493 e. The summed E-state index contributed by atoms with van der Waals surface area (Å²) in [6, 6.07) is 24.7. The zero-order chi connectivity index (χ0) is 28.7. The molecule has 0 aliphatic carbocycles. The second-order valence-electron chi connectivity index (χ2n) is 9.45. The van der Waals surface area contributed by atoms with Gasteiger partial charge in [-0.2, -0.15) is 0 Å². The number of hydrogen-bond acceptors (Lipinski definition) is 7. The van der Waals surface area contributed by atoms with E-state index in [0.717, 1.165) is 4.90 Å². The van der Waals surface area contributed by atoms with Crippen molar-refractivity contribution in [2.24, 2.45) is 5.92 Å². The lowest BCUT2D eigenvalue weighted by Gasteiger charge is -2.29. The number of esters is 1. The number of hydroxylamine groups is 1. The van der Waals surface area contributed by atoms with E-state index in [0.29, 0.717) is 22.0 Å². The van der Waals surface area contributed by atoms with Crippen LogP contribution in [0.25, 0.3) is 0 Å². The van der Waals surface area contributed by atoms with Crippen LogP contribution in [0, 0.1) is 11.7 Å². The molecule has 2 heterocycles. The Kier molecular flexibility index (Phi) is 6.90. The van der Waals surface area contributed by atoms with Crippen molar-refractivity contribution in [3.63, 3.8) is 0 Å². The van der Waals surface area contributed by atoms with Gasteiger partial charge in [0, 0.05) is 5.02 Å². The molecule has 0 saturated carbocycles. The molecular weight excluding hydrogens is 551 g/mol. The van der Waals surface area contributed by atoms with Crippen molar-refractivity contribution >= 4 is 40.8 Å². The first-order valence-corrected chi connectivity index (χ1v) is 13.0. The van der Waals surface area contributed by atoms with E-state index < -0.39 is 41.7 Å². The number of imide groups is 1.